The highest BCUT2D eigenvalue weighted by Gasteiger charge is 2.15. The normalized spacial score (nSPS) is 15.1. The second kappa shape index (κ2) is 6.42. The predicted octanol–water partition coefficient (Wildman–Crippen LogP) is 0.346. The molecular formula is C13H19N3O4S. The Morgan fingerprint density at radius 3 is 2.86 bits per heavy atom. The Hall–Kier alpha value is -1.64. The van der Waals surface area contributed by atoms with Gasteiger partial charge < -0.3 is 10.1 Å². The summed E-state index contributed by atoms with van der Waals surface area (Å²) < 4.78 is 32.2. The number of benzene rings is 1. The first-order valence-corrected chi connectivity index (χ1v) is 8.05. The molecule has 1 amide bonds. The number of nitrogens with one attached hydrogen (secondary N) is 2. The summed E-state index contributed by atoms with van der Waals surface area (Å²) in [6.45, 7) is 0.648. The Morgan fingerprint density at radius 2 is 2.14 bits per heavy atom. The second-order valence-electron chi connectivity index (χ2n) is 4.91. The molecule has 0 saturated heterocycles. The number of nitrogens with zero attached hydrogens (tertiary/aromatic N) is 1. The highest BCUT2D eigenvalue weighted by molar-refractivity contribution is 7.87. The molecule has 2 N–H and O–H groups in total. The van der Waals surface area contributed by atoms with Crippen LogP contribution in [0.4, 0.5) is 5.69 Å². The topological polar surface area (TPSA) is 87.7 Å². The van der Waals surface area contributed by atoms with Crippen LogP contribution in [0, 0.1) is 0 Å². The van der Waals surface area contributed by atoms with Crippen molar-refractivity contribution in [2.75, 3.05) is 32.6 Å². The van der Waals surface area contributed by atoms with Crippen molar-refractivity contribution in [3.8, 4) is 5.75 Å². The monoisotopic (exact) mass is 313 g/mol. The van der Waals surface area contributed by atoms with Crippen molar-refractivity contribution < 1.29 is 17.9 Å². The van der Waals surface area contributed by atoms with Crippen molar-refractivity contribution >= 4 is 21.8 Å². The SMILES string of the molecule is CN(C)S(=O)(=O)NCCc1ccc2c(c1)NC(=O)CCO2. The summed E-state index contributed by atoms with van der Waals surface area (Å²) in [6.07, 6.45) is 0.850. The zero-order chi connectivity index (χ0) is 15.5. The van der Waals surface area contributed by atoms with E-state index in [4.69, 9.17) is 4.74 Å². The maximum Gasteiger partial charge on any atom is 0.278 e. The van der Waals surface area contributed by atoms with Crippen molar-refractivity contribution in [2.24, 2.45) is 0 Å². The van der Waals surface area contributed by atoms with Gasteiger partial charge in [-0.05, 0) is 24.1 Å². The number of fused-ring (bicyclic) bond motifs is 1. The Kier molecular flexibility index (Phi) is 4.81. The predicted molar refractivity (Wildman–Crippen MR) is 79.5 cm³/mol. The Balaban J connectivity index is 2.01. The van der Waals surface area contributed by atoms with Crippen molar-refractivity contribution in [1.82, 2.24) is 9.03 Å². The van der Waals surface area contributed by atoms with E-state index in [1.54, 1.807) is 6.07 Å². The molecule has 0 saturated carbocycles. The third-order valence-corrected chi connectivity index (χ3v) is 4.61. The fourth-order valence-electron chi connectivity index (χ4n) is 1.88. The third kappa shape index (κ3) is 4.16. The van der Waals surface area contributed by atoms with Crippen LogP contribution in [0.2, 0.25) is 0 Å². The fourth-order valence-corrected chi connectivity index (χ4v) is 2.49. The van der Waals surface area contributed by atoms with E-state index in [-0.39, 0.29) is 12.5 Å². The van der Waals surface area contributed by atoms with Gasteiger partial charge in [-0.15, -0.1) is 0 Å². The molecule has 0 bridgehead atoms. The molecule has 1 aromatic rings. The van der Waals surface area contributed by atoms with E-state index in [1.165, 1.54) is 14.1 Å². The standard InChI is InChI=1S/C13H19N3O4S/c1-16(2)21(18,19)14-7-5-10-3-4-12-11(9-10)15-13(17)6-8-20-12/h3-4,9,14H,5-8H2,1-2H3,(H,15,17). The minimum atomic E-state index is -3.41. The van der Waals surface area contributed by atoms with E-state index < -0.39 is 10.2 Å². The lowest BCUT2D eigenvalue weighted by molar-refractivity contribution is -0.116. The van der Waals surface area contributed by atoms with Gasteiger partial charge in [0.05, 0.1) is 18.7 Å². The summed E-state index contributed by atoms with van der Waals surface area (Å²) in [4.78, 5) is 11.5. The van der Waals surface area contributed by atoms with Crippen LogP contribution in [0.1, 0.15) is 12.0 Å². The van der Waals surface area contributed by atoms with E-state index in [9.17, 15) is 13.2 Å². The average Bonchev–Trinajstić information content (AvgIpc) is 2.58. The Labute approximate surface area is 124 Å². The van der Waals surface area contributed by atoms with E-state index in [2.05, 4.69) is 10.0 Å². The van der Waals surface area contributed by atoms with Gasteiger partial charge in [0.15, 0.2) is 0 Å². The first-order chi connectivity index (χ1) is 9.88. The van der Waals surface area contributed by atoms with Crippen LogP contribution in [0.5, 0.6) is 5.75 Å². The molecule has 1 aliphatic rings. The molecule has 1 aliphatic heterocycles. The molecule has 1 heterocycles. The molecule has 116 valence electrons. The number of amides is 1. The smallest absolute Gasteiger partial charge is 0.278 e. The van der Waals surface area contributed by atoms with Gasteiger partial charge in [-0.1, -0.05) is 6.07 Å². The molecule has 0 fully saturated rings. The largest absolute Gasteiger partial charge is 0.491 e. The van der Waals surface area contributed by atoms with Crippen molar-refractivity contribution in [2.45, 2.75) is 12.8 Å². The molecule has 1 aromatic carbocycles. The van der Waals surface area contributed by atoms with E-state index in [1.807, 2.05) is 12.1 Å². The van der Waals surface area contributed by atoms with E-state index in [0.717, 1.165) is 9.87 Å². The third-order valence-electron chi connectivity index (χ3n) is 3.08. The number of hydrogen-bond donors (Lipinski definition) is 2. The lowest BCUT2D eigenvalue weighted by Crippen LogP contribution is -2.36. The number of ether oxygens (including phenoxy) is 1. The lowest BCUT2D eigenvalue weighted by atomic mass is 10.1. The number of carbonyl (C=O) groups is 1. The van der Waals surface area contributed by atoms with Gasteiger partial charge in [-0.2, -0.15) is 12.7 Å². The summed E-state index contributed by atoms with van der Waals surface area (Å²) >= 11 is 0. The number of anilines is 1. The molecule has 0 radical (unpaired) electrons. The Morgan fingerprint density at radius 1 is 1.38 bits per heavy atom. The molecule has 0 atom stereocenters. The van der Waals surface area contributed by atoms with Gasteiger partial charge in [0.2, 0.25) is 5.91 Å². The molecule has 0 aliphatic carbocycles. The number of rotatable bonds is 5. The first-order valence-electron chi connectivity index (χ1n) is 6.61. The van der Waals surface area contributed by atoms with Crippen LogP contribution >= 0.6 is 0 Å². The van der Waals surface area contributed by atoms with Gasteiger partial charge in [0.1, 0.15) is 5.75 Å². The maximum atomic E-state index is 11.6. The molecule has 0 spiro atoms. The van der Waals surface area contributed by atoms with Crippen molar-refractivity contribution in [3.63, 3.8) is 0 Å². The minimum absolute atomic E-state index is 0.0841. The minimum Gasteiger partial charge on any atom is -0.491 e. The lowest BCUT2D eigenvalue weighted by Gasteiger charge is -2.13. The van der Waals surface area contributed by atoms with Gasteiger partial charge in [-0.25, -0.2) is 4.72 Å². The number of carbonyl (C=O) groups excluding carboxylic acids is 1. The summed E-state index contributed by atoms with van der Waals surface area (Å²) in [5.41, 5.74) is 1.55. The molecule has 0 unspecified atom stereocenters. The first kappa shape index (κ1) is 15.7. The van der Waals surface area contributed by atoms with Gasteiger partial charge in [0, 0.05) is 20.6 Å². The molecular weight excluding hydrogens is 294 g/mol. The highest BCUT2D eigenvalue weighted by Crippen LogP contribution is 2.28. The van der Waals surface area contributed by atoms with Crippen LogP contribution in [0.15, 0.2) is 18.2 Å². The zero-order valence-corrected chi connectivity index (χ0v) is 12.9. The van der Waals surface area contributed by atoms with E-state index >= 15 is 0 Å². The summed E-state index contributed by atoms with van der Waals surface area (Å²) in [5, 5.41) is 2.78. The van der Waals surface area contributed by atoms with Crippen molar-refractivity contribution in [1.29, 1.82) is 0 Å². The molecule has 2 rings (SSSR count). The highest BCUT2D eigenvalue weighted by atomic mass is 32.2. The van der Waals surface area contributed by atoms with Crippen molar-refractivity contribution in [3.05, 3.63) is 23.8 Å². The van der Waals surface area contributed by atoms with Crippen LogP contribution < -0.4 is 14.8 Å². The van der Waals surface area contributed by atoms with Gasteiger partial charge >= 0.3 is 0 Å². The summed E-state index contributed by atoms with van der Waals surface area (Å²) in [6, 6.07) is 5.46. The second-order valence-corrected chi connectivity index (χ2v) is 6.88. The van der Waals surface area contributed by atoms with Crippen LogP contribution in [0.25, 0.3) is 0 Å². The molecule has 8 heteroatoms. The molecule has 7 nitrogen and oxygen atoms in total. The zero-order valence-electron chi connectivity index (χ0n) is 12.0. The molecule has 21 heavy (non-hydrogen) atoms. The molecule has 0 aromatic heterocycles. The number of hydrogen-bond acceptors (Lipinski definition) is 4. The van der Waals surface area contributed by atoms with Gasteiger partial charge in [0.25, 0.3) is 10.2 Å². The summed E-state index contributed by atoms with van der Waals surface area (Å²) in [5.74, 6) is 0.553. The maximum absolute atomic E-state index is 11.6. The van der Waals surface area contributed by atoms with Crippen LogP contribution in [-0.2, 0) is 21.4 Å². The fraction of sp³-hybridized carbons (Fsp3) is 0.462. The Bertz CT molecular complexity index is 628. The van der Waals surface area contributed by atoms with Crippen LogP contribution in [0.3, 0.4) is 0 Å². The van der Waals surface area contributed by atoms with Crippen LogP contribution in [-0.4, -0.2) is 45.9 Å². The quantitative estimate of drug-likeness (QED) is 0.821. The summed E-state index contributed by atoms with van der Waals surface area (Å²) in [7, 11) is -0.472. The average molecular weight is 313 g/mol. The van der Waals surface area contributed by atoms with Gasteiger partial charge in [-0.3, -0.25) is 4.79 Å². The van der Waals surface area contributed by atoms with E-state index in [0.29, 0.717) is 30.9 Å².